The van der Waals surface area contributed by atoms with Crippen LogP contribution in [-0.4, -0.2) is 37.0 Å². The topological polar surface area (TPSA) is 83.5 Å². The molecule has 1 aromatic rings. The molecule has 0 saturated carbocycles. The Kier molecular flexibility index (Phi) is 4.95. The molecule has 1 heterocycles. The van der Waals surface area contributed by atoms with Crippen molar-refractivity contribution in [3.8, 4) is 0 Å². The maximum Gasteiger partial charge on any atom is 0.337 e. The van der Waals surface area contributed by atoms with Crippen LogP contribution < -0.4 is 4.72 Å². The summed E-state index contributed by atoms with van der Waals surface area (Å²) in [6, 6.07) is 3.54. The maximum atomic E-state index is 12.2. The van der Waals surface area contributed by atoms with Gasteiger partial charge in [-0.2, -0.15) is 11.8 Å². The van der Waals surface area contributed by atoms with E-state index in [9.17, 15) is 13.2 Å². The number of rotatable bonds is 4. The van der Waals surface area contributed by atoms with Crippen molar-refractivity contribution in [2.75, 3.05) is 11.5 Å². The molecule has 8 heteroatoms. The van der Waals surface area contributed by atoms with E-state index in [0.717, 1.165) is 24.3 Å². The summed E-state index contributed by atoms with van der Waals surface area (Å²) >= 11 is 7.51. The highest BCUT2D eigenvalue weighted by Crippen LogP contribution is 2.23. The molecular weight excluding hydrogens is 322 g/mol. The zero-order valence-electron chi connectivity index (χ0n) is 10.5. The number of hydrogen-bond acceptors (Lipinski definition) is 4. The first-order valence-corrected chi connectivity index (χ1v) is 9.04. The largest absolute Gasteiger partial charge is 0.478 e. The Hall–Kier alpha value is -0.760. The fourth-order valence-corrected chi connectivity index (χ4v) is 4.76. The summed E-state index contributed by atoms with van der Waals surface area (Å²) in [5, 5.41) is 8.78. The Balaban J connectivity index is 2.20. The van der Waals surface area contributed by atoms with Gasteiger partial charge in [-0.05, 0) is 36.8 Å². The second-order valence-corrected chi connectivity index (χ2v) is 7.75. The molecule has 1 fully saturated rings. The second-order valence-electron chi connectivity index (χ2n) is 4.48. The number of carbonyl (C=O) groups is 1. The highest BCUT2D eigenvalue weighted by atomic mass is 35.5. The molecule has 20 heavy (non-hydrogen) atoms. The average Bonchev–Trinajstić information content (AvgIpc) is 2.38. The first kappa shape index (κ1) is 15.6. The SMILES string of the molecule is O=C(O)c1ccc(S(=O)(=O)NC2CCCSC2)cc1Cl. The third-order valence-electron chi connectivity index (χ3n) is 2.96. The molecule has 0 spiro atoms. The minimum absolute atomic E-state index is 0.0110. The highest BCUT2D eigenvalue weighted by Gasteiger charge is 2.23. The molecule has 110 valence electrons. The van der Waals surface area contributed by atoms with Crippen LogP contribution >= 0.6 is 23.4 Å². The highest BCUT2D eigenvalue weighted by molar-refractivity contribution is 7.99. The van der Waals surface area contributed by atoms with E-state index >= 15 is 0 Å². The van der Waals surface area contributed by atoms with Crippen molar-refractivity contribution in [3.63, 3.8) is 0 Å². The van der Waals surface area contributed by atoms with Crippen molar-refractivity contribution in [3.05, 3.63) is 28.8 Å². The predicted molar refractivity (Wildman–Crippen MR) is 79.1 cm³/mol. The molecule has 1 saturated heterocycles. The van der Waals surface area contributed by atoms with Crippen molar-refractivity contribution in [1.82, 2.24) is 4.72 Å². The number of carboxylic acid groups (broad SMARTS) is 1. The minimum Gasteiger partial charge on any atom is -0.478 e. The number of nitrogens with one attached hydrogen (secondary N) is 1. The molecule has 0 radical (unpaired) electrons. The molecule has 1 aliphatic rings. The molecule has 0 aliphatic carbocycles. The van der Waals surface area contributed by atoms with Crippen LogP contribution in [0.5, 0.6) is 0 Å². The molecular formula is C12H14ClNO4S2. The van der Waals surface area contributed by atoms with E-state index in [1.165, 1.54) is 18.2 Å². The van der Waals surface area contributed by atoms with E-state index in [-0.39, 0.29) is 21.5 Å². The van der Waals surface area contributed by atoms with Crippen LogP contribution in [0.1, 0.15) is 23.2 Å². The first-order valence-electron chi connectivity index (χ1n) is 6.03. The van der Waals surface area contributed by atoms with E-state index in [0.29, 0.717) is 0 Å². The summed E-state index contributed by atoms with van der Waals surface area (Å²) in [6.07, 6.45) is 1.80. The van der Waals surface area contributed by atoms with Crippen LogP contribution in [0.15, 0.2) is 23.1 Å². The minimum atomic E-state index is -3.67. The number of hydrogen-bond donors (Lipinski definition) is 2. The van der Waals surface area contributed by atoms with Gasteiger partial charge >= 0.3 is 5.97 Å². The lowest BCUT2D eigenvalue weighted by Gasteiger charge is -2.22. The van der Waals surface area contributed by atoms with Gasteiger partial charge in [0.05, 0.1) is 15.5 Å². The number of benzene rings is 1. The van der Waals surface area contributed by atoms with Gasteiger partial charge in [0.1, 0.15) is 0 Å². The standard InChI is InChI=1S/C12H14ClNO4S2/c13-11-6-9(3-4-10(11)12(15)16)20(17,18)14-8-2-1-5-19-7-8/h3-4,6,8,14H,1-2,5,7H2,(H,15,16). The summed E-state index contributed by atoms with van der Waals surface area (Å²) in [6.45, 7) is 0. The third kappa shape index (κ3) is 3.66. The lowest BCUT2D eigenvalue weighted by Crippen LogP contribution is -2.38. The van der Waals surface area contributed by atoms with Gasteiger partial charge < -0.3 is 5.11 Å². The van der Waals surface area contributed by atoms with E-state index in [2.05, 4.69) is 4.72 Å². The maximum absolute atomic E-state index is 12.2. The van der Waals surface area contributed by atoms with Crippen molar-refractivity contribution >= 4 is 39.4 Å². The van der Waals surface area contributed by atoms with Gasteiger partial charge in [0, 0.05) is 11.8 Å². The van der Waals surface area contributed by atoms with Gasteiger partial charge in [-0.15, -0.1) is 0 Å². The van der Waals surface area contributed by atoms with Crippen LogP contribution in [0.25, 0.3) is 0 Å². The van der Waals surface area contributed by atoms with E-state index < -0.39 is 16.0 Å². The van der Waals surface area contributed by atoms with Gasteiger partial charge in [0.25, 0.3) is 0 Å². The quantitative estimate of drug-likeness (QED) is 0.881. The van der Waals surface area contributed by atoms with Gasteiger partial charge in [0.2, 0.25) is 10.0 Å². The Labute approximate surface area is 126 Å². The molecule has 1 aromatic carbocycles. The van der Waals surface area contributed by atoms with Gasteiger partial charge in [-0.25, -0.2) is 17.9 Å². The molecule has 5 nitrogen and oxygen atoms in total. The molecule has 1 unspecified atom stereocenters. The fraction of sp³-hybridized carbons (Fsp3) is 0.417. The first-order chi connectivity index (χ1) is 9.40. The normalized spacial score (nSPS) is 19.8. The predicted octanol–water partition coefficient (Wildman–Crippen LogP) is 2.21. The Morgan fingerprint density at radius 3 is 2.75 bits per heavy atom. The number of carboxylic acids is 1. The summed E-state index contributed by atoms with van der Waals surface area (Å²) in [5.41, 5.74) is -0.112. The van der Waals surface area contributed by atoms with Gasteiger partial charge in [-0.1, -0.05) is 11.6 Å². The van der Waals surface area contributed by atoms with Crippen LogP contribution in [-0.2, 0) is 10.0 Å². The summed E-state index contributed by atoms with van der Waals surface area (Å²) < 4.78 is 27.0. The van der Waals surface area contributed by atoms with Crippen molar-refractivity contribution in [2.24, 2.45) is 0 Å². The summed E-state index contributed by atoms with van der Waals surface area (Å²) in [4.78, 5) is 10.8. The second kappa shape index (κ2) is 6.34. The van der Waals surface area contributed by atoms with Crippen LogP contribution in [0, 0.1) is 0 Å². The number of halogens is 1. The molecule has 0 amide bonds. The van der Waals surface area contributed by atoms with Crippen LogP contribution in [0.4, 0.5) is 0 Å². The zero-order valence-corrected chi connectivity index (χ0v) is 12.9. The van der Waals surface area contributed by atoms with E-state index in [1.807, 2.05) is 0 Å². The monoisotopic (exact) mass is 335 g/mol. The Bertz CT molecular complexity index is 612. The lowest BCUT2D eigenvalue weighted by atomic mass is 10.2. The Morgan fingerprint density at radius 2 is 2.20 bits per heavy atom. The Morgan fingerprint density at radius 1 is 1.45 bits per heavy atom. The number of thioether (sulfide) groups is 1. The molecule has 0 bridgehead atoms. The molecule has 2 N–H and O–H groups in total. The van der Waals surface area contributed by atoms with Gasteiger partial charge in [0.15, 0.2) is 0 Å². The summed E-state index contributed by atoms with van der Waals surface area (Å²) in [7, 11) is -3.67. The van der Waals surface area contributed by atoms with E-state index in [1.54, 1.807) is 11.8 Å². The number of aromatic carboxylic acids is 1. The van der Waals surface area contributed by atoms with Crippen molar-refractivity contribution < 1.29 is 18.3 Å². The molecule has 0 aromatic heterocycles. The average molecular weight is 336 g/mol. The lowest BCUT2D eigenvalue weighted by molar-refractivity contribution is 0.0697. The van der Waals surface area contributed by atoms with Crippen molar-refractivity contribution in [2.45, 2.75) is 23.8 Å². The molecule has 1 atom stereocenters. The zero-order chi connectivity index (χ0) is 14.8. The fourth-order valence-electron chi connectivity index (χ4n) is 1.96. The third-order valence-corrected chi connectivity index (χ3v) is 6.01. The van der Waals surface area contributed by atoms with Crippen LogP contribution in [0.3, 0.4) is 0 Å². The van der Waals surface area contributed by atoms with Crippen molar-refractivity contribution in [1.29, 1.82) is 0 Å². The molecule has 2 rings (SSSR count). The smallest absolute Gasteiger partial charge is 0.337 e. The van der Waals surface area contributed by atoms with Gasteiger partial charge in [-0.3, -0.25) is 0 Å². The van der Waals surface area contributed by atoms with Crippen LogP contribution in [0.2, 0.25) is 5.02 Å². The van der Waals surface area contributed by atoms with E-state index in [4.69, 9.17) is 16.7 Å². The molecule has 1 aliphatic heterocycles. The summed E-state index contributed by atoms with van der Waals surface area (Å²) in [5.74, 6) is 0.618. The number of sulfonamides is 1.